The van der Waals surface area contributed by atoms with E-state index < -0.39 is 0 Å². The molecule has 0 saturated heterocycles. The Morgan fingerprint density at radius 2 is 1.96 bits per heavy atom. The van der Waals surface area contributed by atoms with Crippen LogP contribution in [0.3, 0.4) is 0 Å². The molecule has 8 heteroatoms. The van der Waals surface area contributed by atoms with Crippen LogP contribution in [0.5, 0.6) is 0 Å². The predicted molar refractivity (Wildman–Crippen MR) is 114 cm³/mol. The highest BCUT2D eigenvalue weighted by atomic mass is 35.5. The average Bonchev–Trinajstić information content (AvgIpc) is 3.03. The minimum atomic E-state index is -0.273. The summed E-state index contributed by atoms with van der Waals surface area (Å²) in [5, 5.41) is 13.3. The van der Waals surface area contributed by atoms with Crippen molar-refractivity contribution in [2.24, 2.45) is 7.05 Å². The van der Waals surface area contributed by atoms with Crippen molar-refractivity contribution in [3.05, 3.63) is 75.0 Å². The lowest BCUT2D eigenvalue weighted by molar-refractivity contribution is 0.0937. The lowest BCUT2D eigenvalue weighted by atomic mass is 10.1. The van der Waals surface area contributed by atoms with Crippen molar-refractivity contribution in [2.75, 3.05) is 0 Å². The van der Waals surface area contributed by atoms with Crippen LogP contribution < -0.4 is 5.32 Å². The van der Waals surface area contributed by atoms with E-state index in [2.05, 4.69) is 15.5 Å². The molecule has 0 saturated carbocycles. The molecule has 0 spiro atoms. The Balaban J connectivity index is 1.66. The van der Waals surface area contributed by atoms with Crippen LogP contribution >= 0.6 is 35.0 Å². The van der Waals surface area contributed by atoms with E-state index in [9.17, 15) is 4.79 Å². The van der Waals surface area contributed by atoms with Gasteiger partial charge in [-0.25, -0.2) is 0 Å². The minimum Gasteiger partial charge on any atom is -0.342 e. The van der Waals surface area contributed by atoms with Gasteiger partial charge < -0.3 is 9.88 Å². The maximum atomic E-state index is 12.5. The molecule has 1 heterocycles. The maximum Gasteiger partial charge on any atom is 0.251 e. The molecule has 0 radical (unpaired) electrons. The van der Waals surface area contributed by atoms with Gasteiger partial charge in [-0.15, -0.1) is 10.2 Å². The van der Waals surface area contributed by atoms with Crippen LogP contribution in [0.25, 0.3) is 0 Å². The summed E-state index contributed by atoms with van der Waals surface area (Å²) in [6.07, 6.45) is 0. The number of halogens is 2. The fourth-order valence-electron chi connectivity index (χ4n) is 2.74. The Bertz CT molecular complexity index is 1010. The van der Waals surface area contributed by atoms with Crippen LogP contribution in [-0.4, -0.2) is 20.7 Å². The Hall–Kier alpha value is -2.02. The number of aryl methyl sites for hydroxylation is 1. The second-order valence-electron chi connectivity index (χ2n) is 6.50. The van der Waals surface area contributed by atoms with Gasteiger partial charge in [-0.1, -0.05) is 58.7 Å². The lowest BCUT2D eigenvalue weighted by Crippen LogP contribution is -2.28. The van der Waals surface area contributed by atoms with E-state index in [1.165, 1.54) is 0 Å². The normalized spacial score (nSPS) is 12.0. The first-order chi connectivity index (χ1) is 13.3. The Morgan fingerprint density at radius 3 is 2.68 bits per heavy atom. The molecule has 1 aromatic heterocycles. The standard InChI is InChI=1S/C20H20Cl2N4OS/c1-12-5-4-6-15(9-12)19(27)23-13(2)18-24-25-20(26(18)3)28-11-14-7-8-16(21)17(22)10-14/h4-10,13H,11H2,1-3H3,(H,23,27). The molecule has 0 bridgehead atoms. The monoisotopic (exact) mass is 434 g/mol. The van der Waals surface area contributed by atoms with Crippen LogP contribution in [0.15, 0.2) is 47.6 Å². The zero-order valence-corrected chi connectivity index (χ0v) is 18.1. The highest BCUT2D eigenvalue weighted by molar-refractivity contribution is 7.98. The number of rotatable bonds is 6. The number of amides is 1. The number of thioether (sulfide) groups is 1. The van der Waals surface area contributed by atoms with Crippen LogP contribution in [0.1, 0.15) is 40.3 Å². The Labute approximate surface area is 178 Å². The van der Waals surface area contributed by atoms with E-state index in [4.69, 9.17) is 23.2 Å². The molecule has 1 N–H and O–H groups in total. The predicted octanol–water partition coefficient (Wildman–Crippen LogP) is 5.21. The summed E-state index contributed by atoms with van der Waals surface area (Å²) < 4.78 is 1.89. The second-order valence-corrected chi connectivity index (χ2v) is 8.26. The molecule has 1 amide bonds. The summed E-state index contributed by atoms with van der Waals surface area (Å²) in [4.78, 5) is 12.5. The summed E-state index contributed by atoms with van der Waals surface area (Å²) in [6.45, 7) is 3.85. The molecule has 0 fully saturated rings. The molecule has 2 aromatic carbocycles. The average molecular weight is 435 g/mol. The van der Waals surface area contributed by atoms with Gasteiger partial charge >= 0.3 is 0 Å². The fourth-order valence-corrected chi connectivity index (χ4v) is 3.92. The topological polar surface area (TPSA) is 59.8 Å². The van der Waals surface area contributed by atoms with E-state index in [1.54, 1.807) is 23.9 Å². The molecular formula is C20H20Cl2N4OS. The molecule has 28 heavy (non-hydrogen) atoms. The molecule has 0 aliphatic heterocycles. The van der Waals surface area contributed by atoms with Gasteiger partial charge in [0.15, 0.2) is 11.0 Å². The number of carbonyl (C=O) groups excluding carboxylic acids is 1. The number of carbonyl (C=O) groups is 1. The quantitative estimate of drug-likeness (QED) is 0.540. The highest BCUT2D eigenvalue weighted by Crippen LogP contribution is 2.27. The number of hydrogen-bond acceptors (Lipinski definition) is 4. The third-order valence-electron chi connectivity index (χ3n) is 4.24. The number of hydrogen-bond donors (Lipinski definition) is 1. The van der Waals surface area contributed by atoms with Crippen molar-refractivity contribution in [2.45, 2.75) is 30.8 Å². The van der Waals surface area contributed by atoms with Crippen LogP contribution in [0.4, 0.5) is 0 Å². The molecule has 1 unspecified atom stereocenters. The van der Waals surface area contributed by atoms with Gasteiger partial charge in [0.2, 0.25) is 0 Å². The molecule has 0 aliphatic rings. The van der Waals surface area contributed by atoms with E-state index in [1.807, 2.05) is 55.8 Å². The van der Waals surface area contributed by atoms with Crippen molar-refractivity contribution >= 4 is 40.9 Å². The van der Waals surface area contributed by atoms with Gasteiger partial charge in [-0.2, -0.15) is 0 Å². The van der Waals surface area contributed by atoms with Gasteiger partial charge in [0.1, 0.15) is 0 Å². The van der Waals surface area contributed by atoms with E-state index in [0.717, 1.165) is 16.3 Å². The molecule has 146 valence electrons. The van der Waals surface area contributed by atoms with Crippen molar-refractivity contribution in [1.82, 2.24) is 20.1 Å². The largest absolute Gasteiger partial charge is 0.342 e. The number of benzene rings is 2. The van der Waals surface area contributed by atoms with Crippen LogP contribution in [0.2, 0.25) is 10.0 Å². The third kappa shape index (κ3) is 4.87. The Kier molecular flexibility index (Phi) is 6.65. The molecule has 1 atom stereocenters. The van der Waals surface area contributed by atoms with Gasteiger partial charge in [-0.3, -0.25) is 4.79 Å². The zero-order chi connectivity index (χ0) is 20.3. The number of nitrogens with zero attached hydrogens (tertiary/aromatic N) is 3. The first kappa shape index (κ1) is 20.7. The van der Waals surface area contributed by atoms with E-state index in [0.29, 0.717) is 27.2 Å². The summed E-state index contributed by atoms with van der Waals surface area (Å²) in [7, 11) is 1.89. The number of nitrogens with one attached hydrogen (secondary N) is 1. The summed E-state index contributed by atoms with van der Waals surface area (Å²) in [6, 6.07) is 12.8. The van der Waals surface area contributed by atoms with E-state index in [-0.39, 0.29) is 11.9 Å². The first-order valence-corrected chi connectivity index (χ1v) is 10.4. The fraction of sp³-hybridized carbons (Fsp3) is 0.250. The lowest BCUT2D eigenvalue weighted by Gasteiger charge is -2.14. The molecule has 3 rings (SSSR count). The Morgan fingerprint density at radius 1 is 1.18 bits per heavy atom. The maximum absolute atomic E-state index is 12.5. The van der Waals surface area contributed by atoms with Crippen molar-refractivity contribution < 1.29 is 4.79 Å². The first-order valence-electron chi connectivity index (χ1n) is 8.68. The molecular weight excluding hydrogens is 415 g/mol. The summed E-state index contributed by atoms with van der Waals surface area (Å²) in [5.41, 5.74) is 2.72. The van der Waals surface area contributed by atoms with Gasteiger partial charge in [0.05, 0.1) is 16.1 Å². The van der Waals surface area contributed by atoms with Gasteiger partial charge in [0.25, 0.3) is 5.91 Å². The molecule has 3 aromatic rings. The van der Waals surface area contributed by atoms with Crippen molar-refractivity contribution in [3.8, 4) is 0 Å². The summed E-state index contributed by atoms with van der Waals surface area (Å²) >= 11 is 13.6. The highest BCUT2D eigenvalue weighted by Gasteiger charge is 2.18. The molecule has 0 aliphatic carbocycles. The van der Waals surface area contributed by atoms with Gasteiger partial charge in [0, 0.05) is 18.4 Å². The van der Waals surface area contributed by atoms with Crippen LogP contribution in [-0.2, 0) is 12.8 Å². The number of aromatic nitrogens is 3. The zero-order valence-electron chi connectivity index (χ0n) is 15.7. The molecule has 5 nitrogen and oxygen atoms in total. The van der Waals surface area contributed by atoms with Crippen molar-refractivity contribution in [1.29, 1.82) is 0 Å². The van der Waals surface area contributed by atoms with Crippen LogP contribution in [0, 0.1) is 6.92 Å². The van der Waals surface area contributed by atoms with E-state index >= 15 is 0 Å². The second kappa shape index (κ2) is 8.99. The third-order valence-corrected chi connectivity index (χ3v) is 6.07. The minimum absolute atomic E-state index is 0.135. The van der Waals surface area contributed by atoms with Gasteiger partial charge in [-0.05, 0) is 43.7 Å². The summed E-state index contributed by atoms with van der Waals surface area (Å²) in [5.74, 6) is 1.24. The SMILES string of the molecule is Cc1cccc(C(=O)NC(C)c2nnc(SCc3ccc(Cl)c(Cl)c3)n2C)c1. The smallest absolute Gasteiger partial charge is 0.251 e. The van der Waals surface area contributed by atoms with Crippen molar-refractivity contribution in [3.63, 3.8) is 0 Å².